The van der Waals surface area contributed by atoms with E-state index in [1.165, 1.54) is 23.0 Å². The Hall–Kier alpha value is 0.250. The number of nitrogens with one attached hydrogen (secondary N) is 1. The summed E-state index contributed by atoms with van der Waals surface area (Å²) in [6.07, 6.45) is 0.944. The number of nitrogens with zero attached hydrogens (tertiary/aromatic N) is 1. The highest BCUT2D eigenvalue weighted by Gasteiger charge is 2.24. The summed E-state index contributed by atoms with van der Waals surface area (Å²) >= 11 is 5.77. The van der Waals surface area contributed by atoms with Crippen LogP contribution in [0.15, 0.2) is 5.38 Å². The van der Waals surface area contributed by atoms with Crippen LogP contribution >= 0.6 is 34.9 Å². The van der Waals surface area contributed by atoms with Gasteiger partial charge in [-0.1, -0.05) is 0 Å². The van der Waals surface area contributed by atoms with Crippen LogP contribution in [0.3, 0.4) is 0 Å². The number of aromatic nitrogens is 1. The molecule has 1 aromatic heterocycles. The highest BCUT2D eigenvalue weighted by atomic mass is 32.2. The van der Waals surface area contributed by atoms with Crippen LogP contribution in [0.4, 0.5) is 0 Å². The number of hydrogen-bond donors (Lipinski definition) is 2. The van der Waals surface area contributed by atoms with Crippen LogP contribution in [-0.2, 0) is 6.42 Å². The van der Waals surface area contributed by atoms with Gasteiger partial charge in [0.1, 0.15) is 0 Å². The van der Waals surface area contributed by atoms with E-state index in [1.54, 1.807) is 11.3 Å². The van der Waals surface area contributed by atoms with Crippen LogP contribution in [0.1, 0.15) is 10.7 Å². The molecule has 0 aromatic carbocycles. The van der Waals surface area contributed by atoms with Gasteiger partial charge < -0.3 is 0 Å². The second-order valence-corrected chi connectivity index (χ2v) is 7.38. The average Bonchev–Trinajstić information content (AvgIpc) is 2.73. The summed E-state index contributed by atoms with van der Waals surface area (Å²) in [5.74, 6) is 9.37. The van der Waals surface area contributed by atoms with Gasteiger partial charge >= 0.3 is 0 Å². The van der Waals surface area contributed by atoms with E-state index in [0.717, 1.165) is 11.4 Å². The van der Waals surface area contributed by atoms with E-state index in [0.29, 0.717) is 11.3 Å². The molecule has 0 bridgehead atoms. The van der Waals surface area contributed by atoms with Crippen LogP contribution in [0.2, 0.25) is 0 Å². The quantitative estimate of drug-likeness (QED) is 0.647. The van der Waals surface area contributed by atoms with Gasteiger partial charge in [0.15, 0.2) is 0 Å². The van der Waals surface area contributed by atoms with Crippen molar-refractivity contribution in [1.82, 2.24) is 10.4 Å². The van der Waals surface area contributed by atoms with Crippen molar-refractivity contribution in [3.8, 4) is 0 Å². The van der Waals surface area contributed by atoms with Crippen LogP contribution in [0, 0.1) is 6.92 Å². The van der Waals surface area contributed by atoms with Crippen LogP contribution in [-0.4, -0.2) is 33.5 Å². The molecule has 1 aliphatic rings. The molecule has 16 heavy (non-hydrogen) atoms. The van der Waals surface area contributed by atoms with Crippen molar-refractivity contribution in [1.29, 1.82) is 0 Å². The number of hydrogen-bond acceptors (Lipinski definition) is 6. The first-order valence-electron chi connectivity index (χ1n) is 5.36. The third-order valence-corrected chi connectivity index (χ3v) is 6.34. The van der Waals surface area contributed by atoms with E-state index in [9.17, 15) is 0 Å². The molecule has 1 aliphatic heterocycles. The predicted molar refractivity (Wildman–Crippen MR) is 75.2 cm³/mol. The molecule has 2 unspecified atom stereocenters. The fraction of sp³-hybridized carbons (Fsp3) is 0.700. The Labute approximate surface area is 109 Å². The molecule has 1 fully saturated rings. The molecule has 0 amide bonds. The molecule has 2 heterocycles. The number of rotatable bonds is 4. The van der Waals surface area contributed by atoms with Crippen molar-refractivity contribution in [2.45, 2.75) is 24.6 Å². The molecular formula is C10H17N3S3. The maximum Gasteiger partial charge on any atom is 0.0897 e. The van der Waals surface area contributed by atoms with Crippen molar-refractivity contribution in [3.05, 3.63) is 16.1 Å². The predicted octanol–water partition coefficient (Wildman–Crippen LogP) is 1.67. The molecule has 3 N–H and O–H groups in total. The fourth-order valence-corrected chi connectivity index (χ4v) is 5.26. The van der Waals surface area contributed by atoms with E-state index in [-0.39, 0.29) is 0 Å². The average molecular weight is 275 g/mol. The highest BCUT2D eigenvalue weighted by Crippen LogP contribution is 2.27. The van der Waals surface area contributed by atoms with Gasteiger partial charge in [0, 0.05) is 40.4 Å². The van der Waals surface area contributed by atoms with Crippen molar-refractivity contribution in [2.75, 3.05) is 17.3 Å². The molecule has 2 rings (SSSR count). The van der Waals surface area contributed by atoms with E-state index < -0.39 is 0 Å². The lowest BCUT2D eigenvalue weighted by Crippen LogP contribution is -2.46. The Morgan fingerprint density at radius 3 is 3.06 bits per heavy atom. The summed E-state index contributed by atoms with van der Waals surface area (Å²) in [6.45, 7) is 2.05. The molecule has 1 aromatic rings. The zero-order valence-corrected chi connectivity index (χ0v) is 11.8. The first kappa shape index (κ1) is 12.7. The molecule has 0 aliphatic carbocycles. The SMILES string of the molecule is Cc1nc(CC(NN)C2CSCCS2)cs1. The van der Waals surface area contributed by atoms with Crippen molar-refractivity contribution < 1.29 is 0 Å². The monoisotopic (exact) mass is 275 g/mol. The summed E-state index contributed by atoms with van der Waals surface area (Å²) in [6, 6.07) is 0.347. The van der Waals surface area contributed by atoms with Gasteiger partial charge in [-0.2, -0.15) is 23.5 Å². The standard InChI is InChI=1S/C10H17N3S3/c1-7-12-8(5-16-7)4-9(13-11)10-6-14-2-3-15-10/h5,9-10,13H,2-4,6,11H2,1H3. The third kappa shape index (κ3) is 3.37. The van der Waals surface area contributed by atoms with Crippen molar-refractivity contribution in [3.63, 3.8) is 0 Å². The number of thiazole rings is 1. The second-order valence-electron chi connectivity index (χ2n) is 3.82. The van der Waals surface area contributed by atoms with Crippen LogP contribution < -0.4 is 11.3 Å². The molecule has 2 atom stereocenters. The first-order valence-corrected chi connectivity index (χ1v) is 8.44. The number of aryl methyl sites for hydroxylation is 1. The zero-order chi connectivity index (χ0) is 11.4. The van der Waals surface area contributed by atoms with Gasteiger partial charge in [-0.05, 0) is 6.92 Å². The molecule has 3 nitrogen and oxygen atoms in total. The Bertz CT molecular complexity index is 323. The van der Waals surface area contributed by atoms with E-state index in [2.05, 4.69) is 15.8 Å². The minimum absolute atomic E-state index is 0.347. The molecule has 6 heteroatoms. The summed E-state index contributed by atoms with van der Waals surface area (Å²) in [7, 11) is 0. The van der Waals surface area contributed by atoms with Gasteiger partial charge in [0.2, 0.25) is 0 Å². The third-order valence-electron chi connectivity index (χ3n) is 2.60. The largest absolute Gasteiger partial charge is 0.271 e. The lowest BCUT2D eigenvalue weighted by Gasteiger charge is -2.28. The Kier molecular flexibility index (Phi) is 4.97. The minimum atomic E-state index is 0.347. The van der Waals surface area contributed by atoms with Crippen LogP contribution in [0.5, 0.6) is 0 Å². The number of nitrogens with two attached hydrogens (primary N) is 1. The van der Waals surface area contributed by atoms with Gasteiger partial charge in [-0.3, -0.25) is 11.3 Å². The summed E-state index contributed by atoms with van der Waals surface area (Å²) < 4.78 is 0. The van der Waals surface area contributed by atoms with Crippen molar-refractivity contribution in [2.24, 2.45) is 5.84 Å². The summed E-state index contributed by atoms with van der Waals surface area (Å²) in [4.78, 5) is 4.50. The molecule has 0 radical (unpaired) electrons. The summed E-state index contributed by atoms with van der Waals surface area (Å²) in [5.41, 5.74) is 4.13. The highest BCUT2D eigenvalue weighted by molar-refractivity contribution is 8.06. The first-order chi connectivity index (χ1) is 7.79. The smallest absolute Gasteiger partial charge is 0.0897 e. The lowest BCUT2D eigenvalue weighted by atomic mass is 10.1. The normalized spacial score (nSPS) is 23.2. The fourth-order valence-electron chi connectivity index (χ4n) is 1.76. The zero-order valence-electron chi connectivity index (χ0n) is 9.31. The van der Waals surface area contributed by atoms with E-state index in [4.69, 9.17) is 5.84 Å². The molecule has 90 valence electrons. The Morgan fingerprint density at radius 1 is 1.62 bits per heavy atom. The number of thioether (sulfide) groups is 2. The van der Waals surface area contributed by atoms with E-state index >= 15 is 0 Å². The Morgan fingerprint density at radius 2 is 2.50 bits per heavy atom. The second kappa shape index (κ2) is 6.26. The molecular weight excluding hydrogens is 258 g/mol. The molecule has 1 saturated heterocycles. The molecule has 0 spiro atoms. The van der Waals surface area contributed by atoms with Gasteiger partial charge in [0.25, 0.3) is 0 Å². The van der Waals surface area contributed by atoms with Crippen molar-refractivity contribution >= 4 is 34.9 Å². The van der Waals surface area contributed by atoms with Gasteiger partial charge in [-0.15, -0.1) is 11.3 Å². The maximum absolute atomic E-state index is 5.66. The van der Waals surface area contributed by atoms with Gasteiger partial charge in [-0.25, -0.2) is 4.98 Å². The van der Waals surface area contributed by atoms with Gasteiger partial charge in [0.05, 0.1) is 10.7 Å². The summed E-state index contributed by atoms with van der Waals surface area (Å²) in [5, 5.41) is 3.89. The molecule has 0 saturated carbocycles. The lowest BCUT2D eigenvalue weighted by molar-refractivity contribution is 0.519. The number of hydrazine groups is 1. The van der Waals surface area contributed by atoms with E-state index in [1.807, 2.05) is 30.4 Å². The maximum atomic E-state index is 5.66. The topological polar surface area (TPSA) is 50.9 Å². The van der Waals surface area contributed by atoms with Crippen LogP contribution in [0.25, 0.3) is 0 Å². The Balaban J connectivity index is 1.94. The minimum Gasteiger partial charge on any atom is -0.271 e.